The summed E-state index contributed by atoms with van der Waals surface area (Å²) in [5.74, 6) is 0.478. The minimum atomic E-state index is -0.0946. The summed E-state index contributed by atoms with van der Waals surface area (Å²) in [6, 6.07) is 5.05. The number of carbonyl (C=O) groups is 2. The number of hydrogen-bond donors (Lipinski definition) is 1. The van der Waals surface area contributed by atoms with Gasteiger partial charge >= 0.3 is 0 Å². The lowest BCUT2D eigenvalue weighted by molar-refractivity contribution is -0.129. The monoisotopic (exact) mass is 439 g/mol. The highest BCUT2D eigenvalue weighted by molar-refractivity contribution is 6.36. The molecule has 160 valence electrons. The van der Waals surface area contributed by atoms with Gasteiger partial charge in [0.25, 0.3) is 5.91 Å². The fourth-order valence-corrected chi connectivity index (χ4v) is 4.91. The number of piperazine rings is 1. The van der Waals surface area contributed by atoms with Crippen LogP contribution >= 0.6 is 23.2 Å². The second-order valence-electron chi connectivity index (χ2n) is 8.26. The number of nitrogens with one attached hydrogen (secondary N) is 1. The highest BCUT2D eigenvalue weighted by Gasteiger charge is 2.37. The van der Waals surface area contributed by atoms with Crippen molar-refractivity contribution in [3.8, 4) is 0 Å². The van der Waals surface area contributed by atoms with Crippen molar-refractivity contribution in [3.63, 3.8) is 0 Å². The van der Waals surface area contributed by atoms with Crippen LogP contribution in [0.15, 0.2) is 18.2 Å². The van der Waals surface area contributed by atoms with Crippen molar-refractivity contribution in [2.75, 3.05) is 26.2 Å². The number of nitrogens with zero attached hydrogens (tertiary/aromatic N) is 2. The highest BCUT2D eigenvalue weighted by atomic mass is 35.5. The van der Waals surface area contributed by atoms with Crippen molar-refractivity contribution in [3.05, 3.63) is 33.8 Å². The maximum atomic E-state index is 13.0. The fourth-order valence-electron chi connectivity index (χ4n) is 4.42. The van der Waals surface area contributed by atoms with E-state index in [2.05, 4.69) is 24.1 Å². The molecule has 0 aromatic heterocycles. The molecule has 0 spiro atoms. The van der Waals surface area contributed by atoms with E-state index >= 15 is 0 Å². The van der Waals surface area contributed by atoms with Crippen LogP contribution in [0.3, 0.4) is 0 Å². The minimum Gasteiger partial charge on any atom is -0.352 e. The molecular formula is C22H31Cl2N3O2. The van der Waals surface area contributed by atoms with Gasteiger partial charge in [-0.25, -0.2) is 0 Å². The Kier molecular flexibility index (Phi) is 7.83. The van der Waals surface area contributed by atoms with E-state index in [4.69, 9.17) is 23.2 Å². The van der Waals surface area contributed by atoms with E-state index < -0.39 is 0 Å². The van der Waals surface area contributed by atoms with Crippen molar-refractivity contribution < 1.29 is 9.59 Å². The summed E-state index contributed by atoms with van der Waals surface area (Å²) < 4.78 is 0. The first-order valence-electron chi connectivity index (χ1n) is 10.7. The van der Waals surface area contributed by atoms with Gasteiger partial charge in [0.2, 0.25) is 5.91 Å². The lowest BCUT2D eigenvalue weighted by atomic mass is 9.94. The molecular weight excluding hydrogens is 409 g/mol. The van der Waals surface area contributed by atoms with Crippen LogP contribution in [0, 0.1) is 5.92 Å². The van der Waals surface area contributed by atoms with Crippen LogP contribution in [0.4, 0.5) is 0 Å². The van der Waals surface area contributed by atoms with Crippen LogP contribution in [0.25, 0.3) is 0 Å². The second kappa shape index (κ2) is 10.1. The van der Waals surface area contributed by atoms with E-state index in [0.29, 0.717) is 47.7 Å². The van der Waals surface area contributed by atoms with Crippen molar-refractivity contribution in [2.45, 2.75) is 58.0 Å². The van der Waals surface area contributed by atoms with E-state index in [1.807, 2.05) is 4.90 Å². The van der Waals surface area contributed by atoms with Gasteiger partial charge in [0.1, 0.15) is 0 Å². The average Bonchev–Trinajstić information content (AvgIpc) is 3.22. The van der Waals surface area contributed by atoms with E-state index in [-0.39, 0.29) is 23.9 Å². The third-order valence-corrected chi connectivity index (χ3v) is 6.82. The lowest BCUT2D eigenvalue weighted by Crippen LogP contribution is -2.58. The Hall–Kier alpha value is -1.30. The first-order chi connectivity index (χ1) is 13.9. The van der Waals surface area contributed by atoms with Gasteiger partial charge < -0.3 is 10.2 Å². The predicted molar refractivity (Wildman–Crippen MR) is 118 cm³/mol. The number of amides is 2. The molecule has 2 amide bonds. The fraction of sp³-hybridized carbons (Fsp3) is 0.636. The third-order valence-electron chi connectivity index (χ3n) is 6.27. The lowest BCUT2D eigenvalue weighted by Gasteiger charge is -2.41. The van der Waals surface area contributed by atoms with Crippen molar-refractivity contribution >= 4 is 35.0 Å². The van der Waals surface area contributed by atoms with Gasteiger partial charge in [0.15, 0.2) is 0 Å². The summed E-state index contributed by atoms with van der Waals surface area (Å²) in [4.78, 5) is 30.0. The smallest absolute Gasteiger partial charge is 0.255 e. The number of benzene rings is 1. The molecule has 1 aliphatic carbocycles. The Morgan fingerprint density at radius 2 is 1.79 bits per heavy atom. The van der Waals surface area contributed by atoms with Crippen LogP contribution in [-0.4, -0.2) is 59.9 Å². The first kappa shape index (κ1) is 22.4. The zero-order chi connectivity index (χ0) is 21.0. The van der Waals surface area contributed by atoms with Crippen LogP contribution in [-0.2, 0) is 4.79 Å². The first-order valence-corrected chi connectivity index (χ1v) is 11.4. The largest absolute Gasteiger partial charge is 0.352 e. The molecule has 0 unspecified atom stereocenters. The van der Waals surface area contributed by atoms with Crippen molar-refractivity contribution in [1.29, 1.82) is 0 Å². The van der Waals surface area contributed by atoms with Crippen LogP contribution in [0.2, 0.25) is 10.0 Å². The molecule has 1 heterocycles. The van der Waals surface area contributed by atoms with Gasteiger partial charge in [-0.2, -0.15) is 0 Å². The average molecular weight is 440 g/mol. The summed E-state index contributed by atoms with van der Waals surface area (Å²) in [6.07, 6.45) is 5.54. The molecule has 3 rings (SSSR count). The number of hydrogen-bond acceptors (Lipinski definition) is 3. The Balaban J connectivity index is 1.66. The molecule has 29 heavy (non-hydrogen) atoms. The molecule has 2 fully saturated rings. The van der Waals surface area contributed by atoms with Gasteiger partial charge in [-0.1, -0.05) is 43.0 Å². The number of rotatable bonds is 6. The summed E-state index contributed by atoms with van der Waals surface area (Å²) in [5.41, 5.74) is 0.478. The van der Waals surface area contributed by atoms with Gasteiger partial charge in [0.05, 0.1) is 16.6 Å². The normalized spacial score (nSPS) is 20.5. The molecule has 1 saturated carbocycles. The third kappa shape index (κ3) is 5.44. The second-order valence-corrected chi connectivity index (χ2v) is 9.10. The molecule has 1 aromatic rings. The minimum absolute atomic E-state index is 0.0761. The Labute approximate surface area is 183 Å². The zero-order valence-electron chi connectivity index (χ0n) is 17.3. The zero-order valence-corrected chi connectivity index (χ0v) is 18.8. The number of halogens is 2. The van der Waals surface area contributed by atoms with E-state index in [1.54, 1.807) is 18.2 Å². The van der Waals surface area contributed by atoms with Crippen LogP contribution in [0.1, 0.15) is 56.3 Å². The Morgan fingerprint density at radius 3 is 2.38 bits per heavy atom. The summed E-state index contributed by atoms with van der Waals surface area (Å²) in [6.45, 7) is 6.73. The maximum absolute atomic E-state index is 13.0. The molecule has 1 aliphatic heterocycles. The molecule has 2 aliphatic rings. The van der Waals surface area contributed by atoms with E-state index in [1.165, 1.54) is 12.8 Å². The molecule has 0 bridgehead atoms. The Bertz CT molecular complexity index is 729. The standard InChI is InChI=1S/C22H31Cl2N3O2/c1-3-15(2)25-21(28)20(16-6-4-5-7-16)26-10-12-27(13-11-26)22(29)18-9-8-17(23)14-19(18)24/h8-9,14-16,20H,3-7,10-13H2,1-2H3,(H,25,28)/t15-,20-/m1/s1. The van der Waals surface area contributed by atoms with Crippen LogP contribution in [0.5, 0.6) is 0 Å². The van der Waals surface area contributed by atoms with E-state index in [9.17, 15) is 9.59 Å². The summed E-state index contributed by atoms with van der Waals surface area (Å²) >= 11 is 12.2. The molecule has 7 heteroatoms. The quantitative estimate of drug-likeness (QED) is 0.721. The molecule has 1 saturated heterocycles. The van der Waals surface area contributed by atoms with Crippen molar-refractivity contribution in [2.24, 2.45) is 5.92 Å². The molecule has 1 aromatic carbocycles. The maximum Gasteiger partial charge on any atom is 0.255 e. The van der Waals surface area contributed by atoms with Crippen molar-refractivity contribution in [1.82, 2.24) is 15.1 Å². The van der Waals surface area contributed by atoms with Crippen LogP contribution < -0.4 is 5.32 Å². The Morgan fingerprint density at radius 1 is 1.14 bits per heavy atom. The predicted octanol–water partition coefficient (Wildman–Crippen LogP) is 4.22. The summed E-state index contributed by atoms with van der Waals surface area (Å²) in [5, 5.41) is 4.08. The molecule has 0 radical (unpaired) electrons. The molecule has 2 atom stereocenters. The summed E-state index contributed by atoms with van der Waals surface area (Å²) in [7, 11) is 0. The van der Waals surface area contributed by atoms with Gasteiger partial charge in [0, 0.05) is 37.2 Å². The van der Waals surface area contributed by atoms with Gasteiger partial charge in [-0.15, -0.1) is 0 Å². The topological polar surface area (TPSA) is 52.7 Å². The van der Waals surface area contributed by atoms with Gasteiger partial charge in [-0.05, 0) is 50.3 Å². The van der Waals surface area contributed by atoms with E-state index in [0.717, 1.165) is 19.3 Å². The highest BCUT2D eigenvalue weighted by Crippen LogP contribution is 2.31. The molecule has 1 N–H and O–H groups in total. The van der Waals surface area contributed by atoms with Gasteiger partial charge in [-0.3, -0.25) is 14.5 Å². The number of carbonyl (C=O) groups excluding carboxylic acids is 2. The molecule has 5 nitrogen and oxygen atoms in total. The SMILES string of the molecule is CC[C@@H](C)NC(=O)[C@@H](C1CCCC1)N1CCN(C(=O)c2ccc(Cl)cc2Cl)CC1.